The summed E-state index contributed by atoms with van der Waals surface area (Å²) < 4.78 is 5.42. The summed E-state index contributed by atoms with van der Waals surface area (Å²) >= 11 is 0. The molecule has 1 heterocycles. The standard InChI is InChI=1S/C14H19NO2/c1-11-7-6-10-13(17-2)15(11)14(16)12-8-4-3-5-9-12/h3-5,8-9,11,13H,6-7,10H2,1-2H3/t11?,13-/m0/s1. The van der Waals surface area contributed by atoms with Crippen LogP contribution in [0.1, 0.15) is 36.5 Å². The summed E-state index contributed by atoms with van der Waals surface area (Å²) in [7, 11) is 1.67. The molecule has 0 aromatic heterocycles. The fourth-order valence-corrected chi connectivity index (χ4v) is 2.44. The predicted molar refractivity (Wildman–Crippen MR) is 66.7 cm³/mol. The van der Waals surface area contributed by atoms with Gasteiger partial charge in [-0.15, -0.1) is 0 Å². The summed E-state index contributed by atoms with van der Waals surface area (Å²) in [5, 5.41) is 0. The van der Waals surface area contributed by atoms with Crippen LogP contribution in [0.15, 0.2) is 30.3 Å². The molecule has 0 N–H and O–H groups in total. The molecule has 0 saturated carbocycles. The second-order valence-electron chi connectivity index (χ2n) is 4.55. The van der Waals surface area contributed by atoms with Crippen molar-refractivity contribution in [3.8, 4) is 0 Å². The van der Waals surface area contributed by atoms with Crippen LogP contribution in [-0.4, -0.2) is 30.2 Å². The first kappa shape index (κ1) is 12.1. The quantitative estimate of drug-likeness (QED) is 0.786. The maximum absolute atomic E-state index is 12.4. The molecule has 1 aliphatic heterocycles. The Kier molecular flexibility index (Phi) is 3.79. The van der Waals surface area contributed by atoms with E-state index in [9.17, 15) is 4.79 Å². The number of hydrogen-bond donors (Lipinski definition) is 0. The van der Waals surface area contributed by atoms with E-state index in [2.05, 4.69) is 6.92 Å². The monoisotopic (exact) mass is 233 g/mol. The van der Waals surface area contributed by atoms with Crippen LogP contribution in [0, 0.1) is 0 Å². The normalized spacial score (nSPS) is 24.7. The third kappa shape index (κ3) is 2.50. The first-order valence-corrected chi connectivity index (χ1v) is 6.14. The zero-order chi connectivity index (χ0) is 12.3. The van der Waals surface area contributed by atoms with Gasteiger partial charge in [0, 0.05) is 18.7 Å². The van der Waals surface area contributed by atoms with E-state index in [1.165, 1.54) is 0 Å². The van der Waals surface area contributed by atoms with Crippen molar-refractivity contribution >= 4 is 5.91 Å². The van der Waals surface area contributed by atoms with E-state index in [0.29, 0.717) is 0 Å². The first-order valence-electron chi connectivity index (χ1n) is 6.14. The van der Waals surface area contributed by atoms with Crippen LogP contribution >= 0.6 is 0 Å². The van der Waals surface area contributed by atoms with Crippen LogP contribution in [0.4, 0.5) is 0 Å². The van der Waals surface area contributed by atoms with E-state index < -0.39 is 0 Å². The maximum atomic E-state index is 12.4. The SMILES string of the molecule is CO[C@H]1CCCC(C)N1C(=O)c1ccccc1. The molecule has 0 radical (unpaired) electrons. The highest BCUT2D eigenvalue weighted by molar-refractivity contribution is 5.94. The minimum atomic E-state index is -0.0774. The Hall–Kier alpha value is -1.35. The van der Waals surface area contributed by atoms with Crippen molar-refractivity contribution in [1.82, 2.24) is 4.90 Å². The number of carbonyl (C=O) groups excluding carboxylic acids is 1. The summed E-state index contributed by atoms with van der Waals surface area (Å²) in [4.78, 5) is 14.3. The highest BCUT2D eigenvalue weighted by Crippen LogP contribution is 2.25. The molecule has 1 fully saturated rings. The highest BCUT2D eigenvalue weighted by atomic mass is 16.5. The number of ether oxygens (including phenoxy) is 1. The van der Waals surface area contributed by atoms with E-state index in [0.717, 1.165) is 24.8 Å². The summed E-state index contributed by atoms with van der Waals surface area (Å²) in [6.07, 6.45) is 3.03. The third-order valence-corrected chi connectivity index (χ3v) is 3.39. The van der Waals surface area contributed by atoms with Gasteiger partial charge in [0.1, 0.15) is 6.23 Å². The smallest absolute Gasteiger partial charge is 0.256 e. The lowest BCUT2D eigenvalue weighted by Crippen LogP contribution is -2.49. The number of hydrogen-bond acceptors (Lipinski definition) is 2. The van der Waals surface area contributed by atoms with Crippen molar-refractivity contribution in [3.05, 3.63) is 35.9 Å². The fraction of sp³-hybridized carbons (Fsp3) is 0.500. The largest absolute Gasteiger partial charge is 0.362 e. The molecule has 3 nitrogen and oxygen atoms in total. The summed E-state index contributed by atoms with van der Waals surface area (Å²) in [5.74, 6) is 0.0738. The molecule has 2 rings (SSSR count). The zero-order valence-corrected chi connectivity index (χ0v) is 10.4. The Labute approximate surface area is 102 Å². The molecule has 1 unspecified atom stereocenters. The van der Waals surface area contributed by atoms with E-state index in [1.807, 2.05) is 35.2 Å². The first-order chi connectivity index (χ1) is 8.24. The minimum absolute atomic E-state index is 0.0738. The molecular formula is C14H19NO2. The van der Waals surface area contributed by atoms with E-state index in [4.69, 9.17) is 4.74 Å². The Morgan fingerprint density at radius 2 is 2.00 bits per heavy atom. The zero-order valence-electron chi connectivity index (χ0n) is 10.4. The number of carbonyl (C=O) groups is 1. The van der Waals surface area contributed by atoms with Crippen LogP contribution in [0.2, 0.25) is 0 Å². The van der Waals surface area contributed by atoms with Gasteiger partial charge in [-0.25, -0.2) is 0 Å². The van der Waals surface area contributed by atoms with E-state index in [-0.39, 0.29) is 18.2 Å². The molecule has 3 heteroatoms. The van der Waals surface area contributed by atoms with Gasteiger partial charge < -0.3 is 9.64 Å². The lowest BCUT2D eigenvalue weighted by molar-refractivity contribution is -0.0587. The van der Waals surface area contributed by atoms with Crippen molar-refractivity contribution in [2.75, 3.05) is 7.11 Å². The molecule has 0 bridgehead atoms. The molecule has 17 heavy (non-hydrogen) atoms. The highest BCUT2D eigenvalue weighted by Gasteiger charge is 2.32. The number of piperidine rings is 1. The predicted octanol–water partition coefficient (Wildman–Crippen LogP) is 2.67. The van der Waals surface area contributed by atoms with Crippen molar-refractivity contribution in [2.24, 2.45) is 0 Å². The molecule has 1 aromatic rings. The van der Waals surface area contributed by atoms with Gasteiger partial charge in [-0.1, -0.05) is 18.2 Å². The number of methoxy groups -OCH3 is 1. The topological polar surface area (TPSA) is 29.5 Å². The Morgan fingerprint density at radius 1 is 1.29 bits per heavy atom. The molecule has 0 spiro atoms. The summed E-state index contributed by atoms with van der Waals surface area (Å²) in [5.41, 5.74) is 0.739. The van der Waals surface area contributed by atoms with Crippen molar-refractivity contribution in [3.63, 3.8) is 0 Å². The Balaban J connectivity index is 2.21. The van der Waals surface area contributed by atoms with Crippen LogP contribution in [-0.2, 0) is 4.74 Å². The van der Waals surface area contributed by atoms with E-state index in [1.54, 1.807) is 7.11 Å². The Morgan fingerprint density at radius 3 is 2.65 bits per heavy atom. The molecular weight excluding hydrogens is 214 g/mol. The number of amides is 1. The van der Waals surface area contributed by atoms with Crippen molar-refractivity contribution in [2.45, 2.75) is 38.5 Å². The number of likely N-dealkylation sites (tertiary alicyclic amines) is 1. The van der Waals surface area contributed by atoms with Gasteiger partial charge in [0.25, 0.3) is 5.91 Å². The number of benzene rings is 1. The van der Waals surface area contributed by atoms with Gasteiger partial charge in [0.05, 0.1) is 0 Å². The Bertz CT molecular complexity index is 377. The maximum Gasteiger partial charge on any atom is 0.256 e. The molecule has 1 aliphatic rings. The van der Waals surface area contributed by atoms with Crippen molar-refractivity contribution in [1.29, 1.82) is 0 Å². The summed E-state index contributed by atoms with van der Waals surface area (Å²) in [6.45, 7) is 2.09. The van der Waals surface area contributed by atoms with Crippen molar-refractivity contribution < 1.29 is 9.53 Å². The van der Waals surface area contributed by atoms with E-state index >= 15 is 0 Å². The molecule has 92 valence electrons. The van der Waals surface area contributed by atoms with Gasteiger partial charge in [0.2, 0.25) is 0 Å². The second-order valence-corrected chi connectivity index (χ2v) is 4.55. The molecule has 2 atom stereocenters. The number of nitrogens with zero attached hydrogens (tertiary/aromatic N) is 1. The van der Waals surface area contributed by atoms with Gasteiger partial charge in [-0.05, 0) is 38.3 Å². The fourth-order valence-electron chi connectivity index (χ4n) is 2.44. The average molecular weight is 233 g/mol. The molecule has 1 aromatic carbocycles. The minimum Gasteiger partial charge on any atom is -0.362 e. The van der Waals surface area contributed by atoms with Crippen LogP contribution in [0.5, 0.6) is 0 Å². The third-order valence-electron chi connectivity index (χ3n) is 3.39. The lowest BCUT2D eigenvalue weighted by atomic mass is 10.0. The van der Waals surface area contributed by atoms with Gasteiger partial charge in [-0.2, -0.15) is 0 Å². The molecule has 0 aliphatic carbocycles. The number of rotatable bonds is 2. The van der Waals surface area contributed by atoms with Gasteiger partial charge in [-0.3, -0.25) is 4.79 Å². The van der Waals surface area contributed by atoms with Gasteiger partial charge in [0.15, 0.2) is 0 Å². The van der Waals surface area contributed by atoms with Gasteiger partial charge >= 0.3 is 0 Å². The van der Waals surface area contributed by atoms with Crippen LogP contribution in [0.3, 0.4) is 0 Å². The van der Waals surface area contributed by atoms with Crippen LogP contribution < -0.4 is 0 Å². The molecule has 1 saturated heterocycles. The summed E-state index contributed by atoms with van der Waals surface area (Å²) in [6, 6.07) is 9.67. The average Bonchev–Trinajstić information content (AvgIpc) is 2.38. The lowest BCUT2D eigenvalue weighted by Gasteiger charge is -2.39. The van der Waals surface area contributed by atoms with Crippen LogP contribution in [0.25, 0.3) is 0 Å². The molecule has 1 amide bonds. The second kappa shape index (κ2) is 5.32.